The highest BCUT2D eigenvalue weighted by Gasteiger charge is 2.23. The molecule has 2 aromatic rings. The van der Waals surface area contributed by atoms with Crippen molar-refractivity contribution in [2.75, 3.05) is 16.2 Å². The van der Waals surface area contributed by atoms with E-state index in [1.54, 1.807) is 36.1 Å². The fraction of sp³-hybridized carbons (Fsp3) is 0.263. The average Bonchev–Trinajstić information content (AvgIpc) is 2.62. The standard InChI is InChI=1S/C19H19N3O3S/c1-13-5-6-15(12-20)10-18(13)21-26(24,25)17-7-8-19-16(11-17)4-3-9-22(19)14(2)23/h5-8,10-11,21H,3-4,9H2,1-2H3. The number of nitrogens with zero attached hydrogens (tertiary/aromatic N) is 2. The van der Waals surface area contributed by atoms with Gasteiger partial charge in [-0.2, -0.15) is 5.26 Å². The maximum absolute atomic E-state index is 12.8. The molecule has 0 saturated heterocycles. The number of hydrogen-bond acceptors (Lipinski definition) is 4. The molecule has 0 aliphatic carbocycles. The van der Waals surface area contributed by atoms with Crippen LogP contribution >= 0.6 is 0 Å². The third-order valence-electron chi connectivity index (χ3n) is 4.47. The highest BCUT2D eigenvalue weighted by atomic mass is 32.2. The van der Waals surface area contributed by atoms with Crippen LogP contribution in [0.3, 0.4) is 0 Å². The van der Waals surface area contributed by atoms with Crippen LogP contribution in [0.15, 0.2) is 41.3 Å². The van der Waals surface area contributed by atoms with Gasteiger partial charge in [-0.3, -0.25) is 9.52 Å². The first-order valence-corrected chi connectivity index (χ1v) is 9.75. The van der Waals surface area contributed by atoms with Crippen molar-refractivity contribution in [2.45, 2.75) is 31.6 Å². The van der Waals surface area contributed by atoms with Crippen LogP contribution in [0.5, 0.6) is 0 Å². The number of sulfonamides is 1. The molecule has 1 amide bonds. The van der Waals surface area contributed by atoms with E-state index in [-0.39, 0.29) is 10.8 Å². The topological polar surface area (TPSA) is 90.3 Å². The third kappa shape index (κ3) is 3.41. The van der Waals surface area contributed by atoms with E-state index in [9.17, 15) is 13.2 Å². The number of nitriles is 1. The van der Waals surface area contributed by atoms with Gasteiger partial charge in [0, 0.05) is 19.2 Å². The number of amides is 1. The van der Waals surface area contributed by atoms with E-state index < -0.39 is 10.0 Å². The largest absolute Gasteiger partial charge is 0.312 e. The summed E-state index contributed by atoms with van der Waals surface area (Å²) >= 11 is 0. The quantitative estimate of drug-likeness (QED) is 0.900. The predicted octanol–water partition coefficient (Wildman–Crippen LogP) is 2.97. The Morgan fingerprint density at radius 2 is 2.00 bits per heavy atom. The molecule has 26 heavy (non-hydrogen) atoms. The second-order valence-corrected chi connectivity index (χ2v) is 7.99. The van der Waals surface area contributed by atoms with Crippen LogP contribution in [-0.4, -0.2) is 20.9 Å². The fourth-order valence-corrected chi connectivity index (χ4v) is 4.24. The molecule has 1 heterocycles. The molecule has 0 bridgehead atoms. The van der Waals surface area contributed by atoms with E-state index in [1.807, 2.05) is 6.07 Å². The van der Waals surface area contributed by atoms with E-state index in [0.717, 1.165) is 29.7 Å². The lowest BCUT2D eigenvalue weighted by Crippen LogP contribution is -2.33. The Bertz CT molecular complexity index is 1020. The minimum Gasteiger partial charge on any atom is -0.312 e. The van der Waals surface area contributed by atoms with Crippen LogP contribution < -0.4 is 9.62 Å². The third-order valence-corrected chi connectivity index (χ3v) is 5.83. The SMILES string of the molecule is CC(=O)N1CCCc2cc(S(=O)(=O)Nc3cc(C#N)ccc3C)ccc21. The van der Waals surface area contributed by atoms with Crippen LogP contribution in [0.4, 0.5) is 11.4 Å². The molecule has 6 nitrogen and oxygen atoms in total. The molecule has 1 aliphatic rings. The molecule has 1 N–H and O–H groups in total. The Hall–Kier alpha value is -2.85. The fourth-order valence-electron chi connectivity index (χ4n) is 3.07. The number of nitrogens with one attached hydrogen (secondary N) is 1. The minimum absolute atomic E-state index is 0.0522. The summed E-state index contributed by atoms with van der Waals surface area (Å²) in [6.07, 6.45) is 1.53. The summed E-state index contributed by atoms with van der Waals surface area (Å²) in [6.45, 7) is 3.93. The second kappa shape index (κ2) is 6.81. The van der Waals surface area contributed by atoms with Crippen LogP contribution in [0.25, 0.3) is 0 Å². The van der Waals surface area contributed by atoms with Gasteiger partial charge >= 0.3 is 0 Å². The van der Waals surface area contributed by atoms with Gasteiger partial charge in [0.2, 0.25) is 5.91 Å². The molecular weight excluding hydrogens is 350 g/mol. The zero-order valence-corrected chi connectivity index (χ0v) is 15.4. The summed E-state index contributed by atoms with van der Waals surface area (Å²) in [5.74, 6) is -0.0522. The predicted molar refractivity (Wildman–Crippen MR) is 99.5 cm³/mol. The summed E-state index contributed by atoms with van der Waals surface area (Å²) in [5, 5.41) is 9.01. The highest BCUT2D eigenvalue weighted by molar-refractivity contribution is 7.92. The molecule has 0 aromatic heterocycles. The number of benzene rings is 2. The van der Waals surface area contributed by atoms with E-state index >= 15 is 0 Å². The molecule has 134 valence electrons. The Balaban J connectivity index is 1.96. The smallest absolute Gasteiger partial charge is 0.261 e. The van der Waals surface area contributed by atoms with Crippen molar-refractivity contribution in [3.8, 4) is 6.07 Å². The van der Waals surface area contributed by atoms with Crippen molar-refractivity contribution in [1.29, 1.82) is 5.26 Å². The Morgan fingerprint density at radius 3 is 2.69 bits per heavy atom. The van der Waals surface area contributed by atoms with Gasteiger partial charge < -0.3 is 4.90 Å². The van der Waals surface area contributed by atoms with Gasteiger partial charge in [0.1, 0.15) is 0 Å². The number of carbonyl (C=O) groups is 1. The van der Waals surface area contributed by atoms with E-state index in [0.29, 0.717) is 17.8 Å². The molecule has 0 saturated carbocycles. The van der Waals surface area contributed by atoms with E-state index in [2.05, 4.69) is 4.72 Å². The first kappa shape index (κ1) is 18.0. The number of hydrogen-bond donors (Lipinski definition) is 1. The summed E-state index contributed by atoms with van der Waals surface area (Å²) < 4.78 is 28.1. The van der Waals surface area contributed by atoms with Crippen molar-refractivity contribution in [2.24, 2.45) is 0 Å². The first-order valence-electron chi connectivity index (χ1n) is 8.26. The maximum atomic E-state index is 12.8. The molecular formula is C19H19N3O3S. The van der Waals surface area contributed by atoms with Crippen LogP contribution in [0.2, 0.25) is 0 Å². The summed E-state index contributed by atoms with van der Waals surface area (Å²) in [6, 6.07) is 11.7. The summed E-state index contributed by atoms with van der Waals surface area (Å²) in [7, 11) is -3.79. The number of rotatable bonds is 3. The average molecular weight is 369 g/mol. The van der Waals surface area contributed by atoms with Crippen LogP contribution in [-0.2, 0) is 21.2 Å². The van der Waals surface area contributed by atoms with Gasteiger partial charge in [0.15, 0.2) is 0 Å². The first-order chi connectivity index (χ1) is 12.3. The Morgan fingerprint density at radius 1 is 1.23 bits per heavy atom. The van der Waals surface area contributed by atoms with Gasteiger partial charge in [-0.05, 0) is 61.2 Å². The molecule has 0 atom stereocenters. The monoisotopic (exact) mass is 369 g/mol. The number of aryl methyl sites for hydroxylation is 2. The maximum Gasteiger partial charge on any atom is 0.261 e. The van der Waals surface area contributed by atoms with Gasteiger partial charge in [-0.25, -0.2) is 8.42 Å². The molecule has 3 rings (SSSR count). The molecule has 2 aromatic carbocycles. The minimum atomic E-state index is -3.79. The van der Waals surface area contributed by atoms with Gasteiger partial charge in [0.25, 0.3) is 10.0 Å². The summed E-state index contributed by atoms with van der Waals surface area (Å²) in [4.78, 5) is 13.6. The normalized spacial score (nSPS) is 13.7. The van der Waals surface area contributed by atoms with Crippen molar-refractivity contribution >= 4 is 27.3 Å². The second-order valence-electron chi connectivity index (χ2n) is 6.31. The summed E-state index contributed by atoms with van der Waals surface area (Å²) in [5.41, 5.74) is 3.11. The molecule has 1 aliphatic heterocycles. The number of anilines is 2. The Kier molecular flexibility index (Phi) is 4.70. The Labute approximate surface area is 153 Å². The molecule has 0 fully saturated rings. The number of fused-ring (bicyclic) bond motifs is 1. The highest BCUT2D eigenvalue weighted by Crippen LogP contribution is 2.30. The van der Waals surface area contributed by atoms with Crippen LogP contribution in [0, 0.1) is 18.3 Å². The van der Waals surface area contributed by atoms with Crippen molar-refractivity contribution in [3.63, 3.8) is 0 Å². The zero-order chi connectivity index (χ0) is 18.9. The van der Waals surface area contributed by atoms with E-state index in [4.69, 9.17) is 5.26 Å². The zero-order valence-electron chi connectivity index (χ0n) is 14.6. The van der Waals surface area contributed by atoms with Crippen molar-refractivity contribution < 1.29 is 13.2 Å². The molecule has 0 spiro atoms. The lowest BCUT2D eigenvalue weighted by atomic mass is 10.0. The van der Waals surface area contributed by atoms with E-state index in [1.165, 1.54) is 19.1 Å². The lowest BCUT2D eigenvalue weighted by Gasteiger charge is -2.28. The lowest BCUT2D eigenvalue weighted by molar-refractivity contribution is -0.116. The van der Waals surface area contributed by atoms with Crippen molar-refractivity contribution in [3.05, 3.63) is 53.1 Å². The van der Waals surface area contributed by atoms with Crippen molar-refractivity contribution in [1.82, 2.24) is 0 Å². The number of carbonyl (C=O) groups excluding carboxylic acids is 1. The molecule has 0 radical (unpaired) electrons. The van der Waals surface area contributed by atoms with Gasteiger partial charge in [-0.1, -0.05) is 6.07 Å². The van der Waals surface area contributed by atoms with Gasteiger partial charge in [-0.15, -0.1) is 0 Å². The van der Waals surface area contributed by atoms with Gasteiger partial charge in [0.05, 0.1) is 22.2 Å². The molecule has 7 heteroatoms. The molecule has 0 unspecified atom stereocenters. The van der Waals surface area contributed by atoms with Crippen LogP contribution in [0.1, 0.15) is 30.0 Å².